The monoisotopic (exact) mass is 464 g/mol. The highest BCUT2D eigenvalue weighted by Crippen LogP contribution is 2.40. The van der Waals surface area contributed by atoms with Gasteiger partial charge in [0, 0.05) is 10.5 Å². The molecule has 6 nitrogen and oxygen atoms in total. The molecule has 0 spiro atoms. The van der Waals surface area contributed by atoms with Crippen molar-refractivity contribution in [1.82, 2.24) is 0 Å². The SMILES string of the molecule is O=C(OC1C(O)[C@H](Sc2ccccc2)OC2COC(c3ccccc3)O[C@@H]21)c1ccccc1. The quantitative estimate of drug-likeness (QED) is 0.567. The van der Waals surface area contributed by atoms with E-state index in [0.717, 1.165) is 10.5 Å². The van der Waals surface area contributed by atoms with Crippen LogP contribution in [0.3, 0.4) is 0 Å². The summed E-state index contributed by atoms with van der Waals surface area (Å²) in [4.78, 5) is 13.8. The van der Waals surface area contributed by atoms with E-state index in [2.05, 4.69) is 0 Å². The maximum absolute atomic E-state index is 12.9. The van der Waals surface area contributed by atoms with Crippen LogP contribution in [0.25, 0.3) is 0 Å². The van der Waals surface area contributed by atoms with E-state index >= 15 is 0 Å². The number of fused-ring (bicyclic) bond motifs is 1. The van der Waals surface area contributed by atoms with Crippen LogP contribution < -0.4 is 0 Å². The van der Waals surface area contributed by atoms with E-state index < -0.39 is 42.1 Å². The van der Waals surface area contributed by atoms with E-state index in [9.17, 15) is 9.90 Å². The Kier molecular flexibility index (Phi) is 6.75. The van der Waals surface area contributed by atoms with Crippen molar-refractivity contribution in [3.8, 4) is 0 Å². The van der Waals surface area contributed by atoms with E-state index in [4.69, 9.17) is 18.9 Å². The summed E-state index contributed by atoms with van der Waals surface area (Å²) >= 11 is 1.38. The van der Waals surface area contributed by atoms with Gasteiger partial charge < -0.3 is 24.1 Å². The Balaban J connectivity index is 1.40. The molecule has 2 fully saturated rings. The molecule has 0 aliphatic carbocycles. The van der Waals surface area contributed by atoms with Crippen LogP contribution in [0.5, 0.6) is 0 Å². The van der Waals surface area contributed by atoms with Crippen molar-refractivity contribution in [3.63, 3.8) is 0 Å². The molecule has 2 aliphatic heterocycles. The summed E-state index contributed by atoms with van der Waals surface area (Å²) in [5.41, 5.74) is 0.605. The number of hydrogen-bond donors (Lipinski definition) is 1. The van der Waals surface area contributed by atoms with Gasteiger partial charge in [0.15, 0.2) is 12.4 Å². The molecule has 170 valence electrons. The van der Waals surface area contributed by atoms with Crippen molar-refractivity contribution in [2.75, 3.05) is 6.61 Å². The molecule has 3 aromatic rings. The maximum atomic E-state index is 12.9. The third kappa shape index (κ3) is 4.98. The Hall–Kier alpha value is -2.68. The molecule has 7 heteroatoms. The molecule has 2 heterocycles. The van der Waals surface area contributed by atoms with Crippen LogP contribution in [0.15, 0.2) is 95.9 Å². The number of aliphatic hydroxyl groups is 1. The van der Waals surface area contributed by atoms with Crippen LogP contribution in [-0.2, 0) is 18.9 Å². The van der Waals surface area contributed by atoms with Crippen molar-refractivity contribution in [3.05, 3.63) is 102 Å². The lowest BCUT2D eigenvalue weighted by Gasteiger charge is -2.47. The van der Waals surface area contributed by atoms with Gasteiger partial charge >= 0.3 is 5.97 Å². The van der Waals surface area contributed by atoms with Gasteiger partial charge in [-0.25, -0.2) is 4.79 Å². The molecule has 0 radical (unpaired) electrons. The third-order valence-corrected chi connectivity index (χ3v) is 6.79. The van der Waals surface area contributed by atoms with Crippen LogP contribution in [0.2, 0.25) is 0 Å². The molecule has 0 bridgehead atoms. The van der Waals surface area contributed by atoms with Crippen molar-refractivity contribution < 1.29 is 28.8 Å². The van der Waals surface area contributed by atoms with Crippen LogP contribution in [0.4, 0.5) is 0 Å². The highest BCUT2D eigenvalue weighted by molar-refractivity contribution is 7.99. The first-order chi connectivity index (χ1) is 16.2. The zero-order valence-electron chi connectivity index (χ0n) is 17.7. The number of ether oxygens (including phenoxy) is 4. The maximum Gasteiger partial charge on any atom is 0.338 e. The Morgan fingerprint density at radius 3 is 2.21 bits per heavy atom. The molecule has 2 saturated heterocycles. The topological polar surface area (TPSA) is 74.2 Å². The minimum Gasteiger partial charge on any atom is -0.453 e. The molecule has 0 amide bonds. The van der Waals surface area contributed by atoms with E-state index in [1.54, 1.807) is 24.3 Å². The number of benzene rings is 3. The summed E-state index contributed by atoms with van der Waals surface area (Å²) in [5.74, 6) is -0.518. The minimum atomic E-state index is -1.10. The lowest BCUT2D eigenvalue weighted by molar-refractivity contribution is -0.317. The molecule has 6 atom stereocenters. The van der Waals surface area contributed by atoms with Crippen molar-refractivity contribution in [2.24, 2.45) is 0 Å². The summed E-state index contributed by atoms with van der Waals surface area (Å²) < 4.78 is 24.2. The summed E-state index contributed by atoms with van der Waals surface area (Å²) in [6.07, 6.45) is -3.84. The lowest BCUT2D eigenvalue weighted by Crippen LogP contribution is -2.62. The predicted octanol–water partition coefficient (Wildman–Crippen LogP) is 4.20. The van der Waals surface area contributed by atoms with Crippen LogP contribution >= 0.6 is 11.8 Å². The first kappa shape index (κ1) is 22.1. The van der Waals surface area contributed by atoms with Gasteiger partial charge in [-0.3, -0.25) is 0 Å². The fraction of sp³-hybridized carbons (Fsp3) is 0.269. The molecule has 5 rings (SSSR count). The Morgan fingerprint density at radius 1 is 0.879 bits per heavy atom. The number of thioether (sulfide) groups is 1. The zero-order chi connectivity index (χ0) is 22.6. The van der Waals surface area contributed by atoms with Crippen molar-refractivity contribution in [2.45, 2.75) is 41.0 Å². The largest absolute Gasteiger partial charge is 0.453 e. The summed E-state index contributed by atoms with van der Waals surface area (Å²) in [7, 11) is 0. The van der Waals surface area contributed by atoms with Crippen LogP contribution in [-0.4, -0.2) is 47.5 Å². The van der Waals surface area contributed by atoms with Gasteiger partial charge in [-0.05, 0) is 24.3 Å². The second-order valence-corrected chi connectivity index (χ2v) is 9.05. The average Bonchev–Trinajstić information content (AvgIpc) is 2.88. The molecule has 3 aromatic carbocycles. The normalized spacial score (nSPS) is 29.1. The van der Waals surface area contributed by atoms with Crippen molar-refractivity contribution >= 4 is 17.7 Å². The second-order valence-electron chi connectivity index (χ2n) is 7.88. The molecule has 2 aliphatic rings. The van der Waals surface area contributed by atoms with Gasteiger partial charge in [0.05, 0.1) is 12.2 Å². The number of carbonyl (C=O) groups excluding carboxylic acids is 1. The number of aliphatic hydroxyl groups excluding tert-OH is 1. The third-order valence-electron chi connectivity index (χ3n) is 5.63. The molecule has 1 N–H and O–H groups in total. The van der Waals surface area contributed by atoms with Crippen LogP contribution in [0, 0.1) is 0 Å². The Morgan fingerprint density at radius 2 is 1.52 bits per heavy atom. The molecule has 0 aromatic heterocycles. The lowest BCUT2D eigenvalue weighted by atomic mass is 9.98. The van der Waals surface area contributed by atoms with Gasteiger partial charge in [0.1, 0.15) is 23.7 Å². The number of hydrogen-bond acceptors (Lipinski definition) is 7. The standard InChI is InChI=1S/C26H24O6S/c27-21-23(31-24(28)17-10-4-1-5-11-17)22-20(30-26(21)33-19-14-8-3-9-15-19)16-29-25(32-22)18-12-6-2-7-13-18/h1-15,20-23,25-27H,16H2/t20?,21?,22-,23?,25?,26-/m0/s1. The molecule has 4 unspecified atom stereocenters. The highest BCUT2D eigenvalue weighted by atomic mass is 32.2. The second kappa shape index (κ2) is 10.1. The summed E-state index contributed by atoms with van der Waals surface area (Å²) in [6.45, 7) is 0.252. The van der Waals surface area contributed by atoms with Crippen molar-refractivity contribution in [1.29, 1.82) is 0 Å². The summed E-state index contributed by atoms with van der Waals surface area (Å²) in [5, 5.41) is 11.2. The Bertz CT molecular complexity index is 1050. The van der Waals surface area contributed by atoms with Gasteiger partial charge in [0.2, 0.25) is 0 Å². The Labute approximate surface area is 196 Å². The number of carbonyl (C=O) groups is 1. The molecular formula is C26H24O6S. The van der Waals surface area contributed by atoms with E-state index in [0.29, 0.717) is 5.56 Å². The molecule has 33 heavy (non-hydrogen) atoms. The smallest absolute Gasteiger partial charge is 0.338 e. The van der Waals surface area contributed by atoms with Gasteiger partial charge in [-0.2, -0.15) is 0 Å². The zero-order valence-corrected chi connectivity index (χ0v) is 18.5. The summed E-state index contributed by atoms with van der Waals surface area (Å²) in [6, 6.07) is 27.9. The molecule has 0 saturated carbocycles. The molecular weight excluding hydrogens is 440 g/mol. The fourth-order valence-electron chi connectivity index (χ4n) is 3.97. The van der Waals surface area contributed by atoms with E-state index in [1.165, 1.54) is 11.8 Å². The first-order valence-corrected chi connectivity index (χ1v) is 11.7. The van der Waals surface area contributed by atoms with Gasteiger partial charge in [0.25, 0.3) is 0 Å². The highest BCUT2D eigenvalue weighted by Gasteiger charge is 2.51. The minimum absolute atomic E-state index is 0.252. The number of esters is 1. The number of rotatable bonds is 5. The van der Waals surface area contributed by atoms with Gasteiger partial charge in [-0.15, -0.1) is 0 Å². The van der Waals surface area contributed by atoms with Crippen LogP contribution in [0.1, 0.15) is 22.2 Å². The van der Waals surface area contributed by atoms with Gasteiger partial charge in [-0.1, -0.05) is 78.5 Å². The predicted molar refractivity (Wildman–Crippen MR) is 123 cm³/mol. The van der Waals surface area contributed by atoms with E-state index in [-0.39, 0.29) is 6.61 Å². The first-order valence-electron chi connectivity index (χ1n) is 10.8. The average molecular weight is 465 g/mol. The van der Waals surface area contributed by atoms with E-state index in [1.807, 2.05) is 66.7 Å². The fourth-order valence-corrected chi connectivity index (χ4v) is 5.05.